The van der Waals surface area contributed by atoms with E-state index in [1.54, 1.807) is 0 Å². The van der Waals surface area contributed by atoms with Crippen molar-refractivity contribution in [1.82, 2.24) is 0 Å². The maximum atomic E-state index is 8.25. The number of hydrogen-bond donors (Lipinski definition) is 0. The third kappa shape index (κ3) is 66.2. The number of carboxylic acid groups (broad SMARTS) is 1. The molecule has 5 heavy (non-hydrogen) atoms. The Morgan fingerprint density at radius 3 is 1.80 bits per heavy atom. The van der Waals surface area contributed by atoms with E-state index < -0.39 is 6.47 Å². The standard InChI is InChI=1S/CH2O2.CH4.Ca.H/c2-1-3;;;/h1H,(H,2,3);1H4;;/q;;+2;-1/p-1. The molecule has 0 bridgehead atoms. The van der Waals surface area contributed by atoms with Gasteiger partial charge in [-0.2, -0.15) is 0 Å². The molecule has 0 rings (SSSR count). The van der Waals surface area contributed by atoms with E-state index in [-0.39, 0.29) is 46.6 Å². The average molecular weight is 102 g/mol. The molecule has 0 atom stereocenters. The molecule has 0 N–H and O–H groups in total. The number of rotatable bonds is 0. The van der Waals surface area contributed by atoms with Gasteiger partial charge in [-0.3, -0.25) is 0 Å². The Hall–Kier alpha value is 0.730. The van der Waals surface area contributed by atoms with Gasteiger partial charge in [-0.15, -0.1) is 0 Å². The van der Waals surface area contributed by atoms with E-state index in [9.17, 15) is 0 Å². The summed E-state index contributed by atoms with van der Waals surface area (Å²) < 4.78 is 0. The van der Waals surface area contributed by atoms with E-state index in [2.05, 4.69) is 0 Å². The molecule has 3 heteroatoms. The summed E-state index contributed by atoms with van der Waals surface area (Å²) in [6, 6.07) is 0. The van der Waals surface area contributed by atoms with Gasteiger partial charge in [-0.1, -0.05) is 7.43 Å². The van der Waals surface area contributed by atoms with E-state index in [0.717, 1.165) is 0 Å². The van der Waals surface area contributed by atoms with Crippen molar-refractivity contribution >= 4 is 44.2 Å². The summed E-state index contributed by atoms with van der Waals surface area (Å²) in [7, 11) is 0. The third-order valence-corrected chi connectivity index (χ3v) is 0. The van der Waals surface area contributed by atoms with Crippen LogP contribution >= 0.6 is 0 Å². The van der Waals surface area contributed by atoms with Crippen molar-refractivity contribution in [1.29, 1.82) is 0 Å². The van der Waals surface area contributed by atoms with Crippen LogP contribution in [0.2, 0.25) is 0 Å². The van der Waals surface area contributed by atoms with E-state index in [1.165, 1.54) is 0 Å². The molecule has 28 valence electrons. The molecule has 0 aromatic rings. The van der Waals surface area contributed by atoms with E-state index in [1.807, 2.05) is 0 Å². The molecule has 0 heterocycles. The van der Waals surface area contributed by atoms with Crippen molar-refractivity contribution in [2.75, 3.05) is 0 Å². The summed E-state index contributed by atoms with van der Waals surface area (Å²) in [6.07, 6.45) is 0. The Bertz CT molecular complexity index is 19.0. The number of carbonyl (C=O) groups is 1. The maximum Gasteiger partial charge on any atom is 2.00 e. The Morgan fingerprint density at radius 2 is 1.80 bits per heavy atom. The SMILES string of the molecule is C.O=C[O-].[Ca+2].[H-]. The molecule has 0 saturated heterocycles. The molecule has 0 aliphatic heterocycles. The normalized spacial score (nSPS) is 2.40. The molecule has 0 amide bonds. The second-order valence-electron chi connectivity index (χ2n) is 0.0962. The van der Waals surface area contributed by atoms with Crippen molar-refractivity contribution < 1.29 is 11.3 Å². The molecule has 0 radical (unpaired) electrons. The molecule has 0 aromatic heterocycles. The van der Waals surface area contributed by atoms with Gasteiger partial charge in [0, 0.05) is 6.47 Å². The maximum absolute atomic E-state index is 8.25. The first-order valence-corrected chi connectivity index (χ1v) is 0.471. The first kappa shape index (κ1) is 17.2. The van der Waals surface area contributed by atoms with Gasteiger partial charge in [0.1, 0.15) is 0 Å². The molecule has 2 nitrogen and oxygen atoms in total. The van der Waals surface area contributed by atoms with Gasteiger partial charge in [-0.25, -0.2) is 0 Å². The second kappa shape index (κ2) is 22.0. The summed E-state index contributed by atoms with van der Waals surface area (Å²) in [5, 5.41) is 8.25. The summed E-state index contributed by atoms with van der Waals surface area (Å²) in [4.78, 5) is 8.25. The predicted octanol–water partition coefficient (Wildman–Crippen LogP) is -1.27. The molecular formula is C2H6CaO2. The van der Waals surface area contributed by atoms with E-state index >= 15 is 0 Å². The Kier molecular flexibility index (Phi) is 75.7. The second-order valence-corrected chi connectivity index (χ2v) is 0.0962. The summed E-state index contributed by atoms with van der Waals surface area (Å²) in [5.41, 5.74) is 0. The molecule has 0 saturated carbocycles. The van der Waals surface area contributed by atoms with Crippen LogP contribution < -0.4 is 5.11 Å². The van der Waals surface area contributed by atoms with Gasteiger partial charge in [0.05, 0.1) is 0 Å². The van der Waals surface area contributed by atoms with Crippen LogP contribution in [0.25, 0.3) is 0 Å². The van der Waals surface area contributed by atoms with Crippen LogP contribution in [0.15, 0.2) is 0 Å². The zero-order chi connectivity index (χ0) is 2.71. The molecule has 0 aromatic carbocycles. The Balaban J connectivity index is -0.00000000667. The molecule has 0 spiro atoms. The Morgan fingerprint density at radius 1 is 1.80 bits per heavy atom. The van der Waals surface area contributed by atoms with Gasteiger partial charge in [0.25, 0.3) is 0 Å². The minimum Gasteiger partial charge on any atom is -1.00 e. The van der Waals surface area contributed by atoms with Crippen molar-refractivity contribution in [3.8, 4) is 0 Å². The van der Waals surface area contributed by atoms with Gasteiger partial charge in [0.15, 0.2) is 0 Å². The number of hydrogen-bond acceptors (Lipinski definition) is 2. The fraction of sp³-hybridized carbons (Fsp3) is 0.500. The minimum absolute atomic E-state index is 0. The van der Waals surface area contributed by atoms with Crippen LogP contribution in [0.1, 0.15) is 8.85 Å². The monoisotopic (exact) mass is 102 g/mol. The largest absolute Gasteiger partial charge is 2.00 e. The summed E-state index contributed by atoms with van der Waals surface area (Å²) in [6.45, 7) is -0.500. The first-order valence-electron chi connectivity index (χ1n) is 0.471. The molecule has 0 aliphatic carbocycles. The van der Waals surface area contributed by atoms with E-state index in [0.29, 0.717) is 0 Å². The summed E-state index contributed by atoms with van der Waals surface area (Å²) >= 11 is 0. The zero-order valence-electron chi connectivity index (χ0n) is 3.10. The Labute approximate surface area is 62.7 Å². The fourth-order valence-electron chi connectivity index (χ4n) is 0. The molecule has 0 fully saturated rings. The smallest absolute Gasteiger partial charge is 1.00 e. The van der Waals surface area contributed by atoms with Crippen LogP contribution in [-0.4, -0.2) is 44.2 Å². The van der Waals surface area contributed by atoms with Crippen molar-refractivity contribution in [2.24, 2.45) is 0 Å². The van der Waals surface area contributed by atoms with E-state index in [4.69, 9.17) is 9.90 Å². The van der Waals surface area contributed by atoms with Crippen molar-refractivity contribution in [3.63, 3.8) is 0 Å². The quantitative estimate of drug-likeness (QED) is 0.283. The zero-order valence-corrected chi connectivity index (χ0v) is 4.31. The van der Waals surface area contributed by atoms with Gasteiger partial charge in [0.2, 0.25) is 0 Å². The van der Waals surface area contributed by atoms with Crippen LogP contribution in [0.4, 0.5) is 0 Å². The average Bonchev–Trinajstić information content (AvgIpc) is 0.918. The molecular weight excluding hydrogens is 96.1 g/mol. The van der Waals surface area contributed by atoms with Crippen molar-refractivity contribution in [3.05, 3.63) is 0 Å². The van der Waals surface area contributed by atoms with Crippen LogP contribution in [0, 0.1) is 0 Å². The molecule has 0 unspecified atom stereocenters. The third-order valence-electron chi connectivity index (χ3n) is 0. The topological polar surface area (TPSA) is 40.1 Å². The first-order chi connectivity index (χ1) is 1.41. The van der Waals surface area contributed by atoms with Gasteiger partial charge < -0.3 is 11.3 Å². The van der Waals surface area contributed by atoms with Crippen LogP contribution in [0.3, 0.4) is 0 Å². The molecule has 0 aliphatic rings. The van der Waals surface area contributed by atoms with Gasteiger partial charge >= 0.3 is 37.7 Å². The van der Waals surface area contributed by atoms with Gasteiger partial charge in [-0.05, 0) is 0 Å². The van der Waals surface area contributed by atoms with Crippen LogP contribution in [-0.2, 0) is 4.79 Å². The predicted molar refractivity (Wildman–Crippen MR) is 19.7 cm³/mol. The van der Waals surface area contributed by atoms with Crippen molar-refractivity contribution in [2.45, 2.75) is 7.43 Å². The fourth-order valence-corrected chi connectivity index (χ4v) is 0. The summed E-state index contributed by atoms with van der Waals surface area (Å²) in [5.74, 6) is 0. The number of carbonyl (C=O) groups excluding carboxylic acids is 1. The minimum atomic E-state index is -0.500. The van der Waals surface area contributed by atoms with Crippen LogP contribution in [0.5, 0.6) is 0 Å².